The van der Waals surface area contributed by atoms with Crippen molar-refractivity contribution < 1.29 is 9.90 Å². The molecule has 3 aromatic rings. The summed E-state index contributed by atoms with van der Waals surface area (Å²) in [6.45, 7) is 0. The highest BCUT2D eigenvalue weighted by Gasteiger charge is 2.02. The van der Waals surface area contributed by atoms with E-state index in [1.54, 1.807) is 12.1 Å². The van der Waals surface area contributed by atoms with Gasteiger partial charge in [-0.2, -0.15) is 0 Å². The number of aromatic carboxylic acids is 1. The Balaban J connectivity index is 1.90. The largest absolute Gasteiger partial charge is 0.478 e. The zero-order valence-electron chi connectivity index (χ0n) is 12.5. The molecule has 0 heterocycles. The number of carboxylic acids is 1. The van der Waals surface area contributed by atoms with E-state index in [0.29, 0.717) is 5.56 Å². The maximum Gasteiger partial charge on any atom is 0.335 e. The van der Waals surface area contributed by atoms with Gasteiger partial charge in [-0.25, -0.2) is 4.79 Å². The Bertz CT molecular complexity index is 831. The molecule has 3 aromatic carbocycles. The van der Waals surface area contributed by atoms with Crippen molar-refractivity contribution in [3.8, 4) is 11.1 Å². The van der Waals surface area contributed by atoms with E-state index < -0.39 is 5.97 Å². The fraction of sp³-hybridized carbons (Fsp3) is 0. The van der Waals surface area contributed by atoms with Crippen molar-refractivity contribution in [2.45, 2.75) is 0 Å². The summed E-state index contributed by atoms with van der Waals surface area (Å²) >= 11 is 0. The molecule has 0 spiro atoms. The van der Waals surface area contributed by atoms with Gasteiger partial charge in [-0.15, -0.1) is 0 Å². The van der Waals surface area contributed by atoms with Gasteiger partial charge in [0.25, 0.3) is 0 Å². The summed E-state index contributed by atoms with van der Waals surface area (Å²) in [6.07, 6.45) is 4.05. The van der Waals surface area contributed by atoms with Crippen LogP contribution in [0.3, 0.4) is 0 Å². The molecule has 0 aliphatic carbocycles. The Morgan fingerprint density at radius 1 is 0.739 bits per heavy atom. The van der Waals surface area contributed by atoms with Gasteiger partial charge in [-0.3, -0.25) is 0 Å². The van der Waals surface area contributed by atoms with E-state index in [1.165, 1.54) is 11.1 Å². The van der Waals surface area contributed by atoms with Crippen LogP contribution in [-0.2, 0) is 0 Å². The SMILES string of the molecule is O=C(O)c1ccc(/C=C/c2ccccc2-c2ccccc2)cc1. The fourth-order valence-electron chi connectivity index (χ4n) is 2.45. The van der Waals surface area contributed by atoms with Crippen molar-refractivity contribution in [2.75, 3.05) is 0 Å². The average molecular weight is 300 g/mol. The molecule has 0 atom stereocenters. The molecule has 3 rings (SSSR count). The Morgan fingerprint density at radius 3 is 2.09 bits per heavy atom. The number of hydrogen-bond acceptors (Lipinski definition) is 1. The van der Waals surface area contributed by atoms with Crippen LogP contribution in [-0.4, -0.2) is 11.1 Å². The zero-order chi connectivity index (χ0) is 16.1. The van der Waals surface area contributed by atoms with Crippen LogP contribution in [0.4, 0.5) is 0 Å². The Kier molecular flexibility index (Phi) is 4.34. The second-order valence-electron chi connectivity index (χ2n) is 5.21. The number of carboxylic acid groups (broad SMARTS) is 1. The molecule has 0 aliphatic heterocycles. The standard InChI is InChI=1S/C21H16O2/c22-21(23)19-14-11-16(12-15-19)10-13-18-8-4-5-9-20(18)17-6-2-1-3-7-17/h1-15H,(H,22,23)/b13-10+. The molecule has 1 N–H and O–H groups in total. The lowest BCUT2D eigenvalue weighted by Gasteiger charge is -2.06. The summed E-state index contributed by atoms with van der Waals surface area (Å²) in [6, 6.07) is 25.3. The molecule has 0 aromatic heterocycles. The quantitative estimate of drug-likeness (QED) is 0.670. The molecular weight excluding hydrogens is 284 g/mol. The minimum atomic E-state index is -0.907. The highest BCUT2D eigenvalue weighted by molar-refractivity contribution is 5.88. The number of carbonyl (C=O) groups is 1. The third-order valence-corrected chi connectivity index (χ3v) is 3.66. The van der Waals surface area contributed by atoms with Gasteiger partial charge in [0.15, 0.2) is 0 Å². The minimum Gasteiger partial charge on any atom is -0.478 e. The number of rotatable bonds is 4. The fourth-order valence-corrected chi connectivity index (χ4v) is 2.45. The molecule has 2 heteroatoms. The third-order valence-electron chi connectivity index (χ3n) is 3.66. The van der Waals surface area contributed by atoms with Crippen LogP contribution in [0.2, 0.25) is 0 Å². The van der Waals surface area contributed by atoms with Gasteiger partial charge >= 0.3 is 5.97 Å². The summed E-state index contributed by atoms with van der Waals surface area (Å²) in [5.74, 6) is -0.907. The first kappa shape index (κ1) is 14.8. The van der Waals surface area contributed by atoms with Crippen molar-refractivity contribution in [3.05, 3.63) is 95.6 Å². The van der Waals surface area contributed by atoms with Gasteiger partial charge in [0.05, 0.1) is 5.56 Å². The van der Waals surface area contributed by atoms with Gasteiger partial charge in [0, 0.05) is 0 Å². The lowest BCUT2D eigenvalue weighted by atomic mass is 9.99. The first-order valence-corrected chi connectivity index (χ1v) is 7.40. The molecule has 2 nitrogen and oxygen atoms in total. The highest BCUT2D eigenvalue weighted by Crippen LogP contribution is 2.25. The molecule has 0 radical (unpaired) electrons. The predicted molar refractivity (Wildman–Crippen MR) is 94.2 cm³/mol. The van der Waals surface area contributed by atoms with Gasteiger partial charge in [0.1, 0.15) is 0 Å². The van der Waals surface area contributed by atoms with Gasteiger partial charge in [-0.1, -0.05) is 78.9 Å². The Morgan fingerprint density at radius 2 is 1.39 bits per heavy atom. The lowest BCUT2D eigenvalue weighted by Crippen LogP contribution is -1.94. The molecule has 0 saturated heterocycles. The Hall–Kier alpha value is -3.13. The number of hydrogen-bond donors (Lipinski definition) is 1. The van der Waals surface area contributed by atoms with Gasteiger partial charge in [0.2, 0.25) is 0 Å². The van der Waals surface area contributed by atoms with Crippen LogP contribution in [0.25, 0.3) is 23.3 Å². The van der Waals surface area contributed by atoms with Gasteiger partial charge < -0.3 is 5.11 Å². The molecule has 0 saturated carbocycles. The van der Waals surface area contributed by atoms with E-state index in [4.69, 9.17) is 5.11 Å². The monoisotopic (exact) mass is 300 g/mol. The van der Waals surface area contributed by atoms with E-state index >= 15 is 0 Å². The van der Waals surface area contributed by atoms with Crippen molar-refractivity contribution >= 4 is 18.1 Å². The lowest BCUT2D eigenvalue weighted by molar-refractivity contribution is 0.0697. The second kappa shape index (κ2) is 6.75. The first-order valence-electron chi connectivity index (χ1n) is 7.40. The van der Waals surface area contributed by atoms with E-state index in [1.807, 2.05) is 48.5 Å². The number of benzene rings is 3. The van der Waals surface area contributed by atoms with Crippen LogP contribution >= 0.6 is 0 Å². The summed E-state index contributed by atoms with van der Waals surface area (Å²) < 4.78 is 0. The van der Waals surface area contributed by atoms with Crippen LogP contribution < -0.4 is 0 Å². The average Bonchev–Trinajstić information content (AvgIpc) is 2.61. The topological polar surface area (TPSA) is 37.3 Å². The van der Waals surface area contributed by atoms with Crippen LogP contribution in [0, 0.1) is 0 Å². The van der Waals surface area contributed by atoms with Gasteiger partial charge in [-0.05, 0) is 34.4 Å². The molecule has 0 amide bonds. The van der Waals surface area contributed by atoms with E-state index in [-0.39, 0.29) is 0 Å². The molecule has 0 unspecified atom stereocenters. The van der Waals surface area contributed by atoms with E-state index in [0.717, 1.165) is 11.1 Å². The third kappa shape index (κ3) is 3.55. The zero-order valence-corrected chi connectivity index (χ0v) is 12.5. The molecule has 23 heavy (non-hydrogen) atoms. The molecule has 0 bridgehead atoms. The summed E-state index contributed by atoms with van der Waals surface area (Å²) in [4.78, 5) is 10.9. The van der Waals surface area contributed by atoms with Crippen LogP contribution in [0.5, 0.6) is 0 Å². The van der Waals surface area contributed by atoms with Crippen molar-refractivity contribution in [3.63, 3.8) is 0 Å². The molecule has 112 valence electrons. The van der Waals surface area contributed by atoms with Crippen molar-refractivity contribution in [1.29, 1.82) is 0 Å². The predicted octanol–water partition coefficient (Wildman–Crippen LogP) is 5.22. The maximum atomic E-state index is 10.9. The van der Waals surface area contributed by atoms with E-state index in [9.17, 15) is 4.79 Å². The molecule has 0 aliphatic rings. The van der Waals surface area contributed by atoms with E-state index in [2.05, 4.69) is 30.3 Å². The van der Waals surface area contributed by atoms with Crippen LogP contribution in [0.1, 0.15) is 21.5 Å². The Labute approximate surface area is 135 Å². The molecular formula is C21H16O2. The highest BCUT2D eigenvalue weighted by atomic mass is 16.4. The summed E-state index contributed by atoms with van der Waals surface area (Å²) in [7, 11) is 0. The normalized spacial score (nSPS) is 10.8. The minimum absolute atomic E-state index is 0.298. The van der Waals surface area contributed by atoms with Crippen LogP contribution in [0.15, 0.2) is 78.9 Å². The smallest absolute Gasteiger partial charge is 0.335 e. The summed E-state index contributed by atoms with van der Waals surface area (Å²) in [5.41, 5.74) is 4.74. The summed E-state index contributed by atoms with van der Waals surface area (Å²) in [5, 5.41) is 8.93. The first-order chi connectivity index (χ1) is 11.2. The molecule has 0 fully saturated rings. The van der Waals surface area contributed by atoms with Crippen molar-refractivity contribution in [2.24, 2.45) is 0 Å². The van der Waals surface area contributed by atoms with Crippen molar-refractivity contribution in [1.82, 2.24) is 0 Å². The second-order valence-corrected chi connectivity index (χ2v) is 5.21. The maximum absolute atomic E-state index is 10.9.